The largest absolute Gasteiger partial charge is 0.421 e. The van der Waals surface area contributed by atoms with Gasteiger partial charge in [-0.3, -0.25) is 4.79 Å². The maximum atomic E-state index is 14.5. The smallest absolute Gasteiger partial charge is 0.325 e. The van der Waals surface area contributed by atoms with Gasteiger partial charge in [-0.05, 0) is 57.9 Å². The molecule has 0 aliphatic carbocycles. The Morgan fingerprint density at radius 2 is 1.75 bits per heavy atom. The molecule has 3 rings (SSSR count). The third-order valence-corrected chi connectivity index (χ3v) is 6.99. The first-order valence-electron chi connectivity index (χ1n) is 9.96. The van der Waals surface area contributed by atoms with E-state index in [1.165, 1.54) is 16.8 Å². The fourth-order valence-corrected chi connectivity index (χ4v) is 3.93. The number of aryl methyl sites for hydroxylation is 4. The molecule has 8 nitrogen and oxygen atoms in total. The average Bonchev–Trinajstić information content (AvgIpc) is 2.67. The second kappa shape index (κ2) is 8.78. The van der Waals surface area contributed by atoms with Crippen molar-refractivity contribution < 1.29 is 17.5 Å². The number of halogens is 1. The van der Waals surface area contributed by atoms with Crippen LogP contribution < -0.4 is 10.3 Å². The van der Waals surface area contributed by atoms with Crippen LogP contribution in [-0.2, 0) is 22.6 Å². The summed E-state index contributed by atoms with van der Waals surface area (Å²) in [6.07, 6.45) is 1.53. The quantitative estimate of drug-likeness (QED) is 0.555. The van der Waals surface area contributed by atoms with E-state index in [9.17, 15) is 17.6 Å². The van der Waals surface area contributed by atoms with Gasteiger partial charge < -0.3 is 9.30 Å². The van der Waals surface area contributed by atoms with Gasteiger partial charge in [0.25, 0.3) is 5.56 Å². The van der Waals surface area contributed by atoms with E-state index in [-0.39, 0.29) is 29.0 Å². The lowest BCUT2D eigenvalue weighted by Crippen LogP contribution is -2.20. The Labute approximate surface area is 186 Å². The number of pyridine rings is 1. The number of benzene rings is 1. The summed E-state index contributed by atoms with van der Waals surface area (Å²) in [4.78, 5) is 24.7. The minimum Gasteiger partial charge on any atom is -0.421 e. The van der Waals surface area contributed by atoms with Gasteiger partial charge >= 0.3 is 6.01 Å². The van der Waals surface area contributed by atoms with Crippen molar-refractivity contribution in [3.63, 3.8) is 0 Å². The predicted molar refractivity (Wildman–Crippen MR) is 119 cm³/mol. The second-order valence-corrected chi connectivity index (χ2v) is 10.6. The first-order chi connectivity index (χ1) is 14.9. The highest BCUT2D eigenvalue weighted by molar-refractivity contribution is 7.91. The van der Waals surface area contributed by atoms with Crippen LogP contribution in [0.15, 0.2) is 29.2 Å². The summed E-state index contributed by atoms with van der Waals surface area (Å²) >= 11 is 0. The third kappa shape index (κ3) is 5.01. The average molecular weight is 461 g/mol. The van der Waals surface area contributed by atoms with E-state index in [0.717, 1.165) is 5.56 Å². The van der Waals surface area contributed by atoms with Gasteiger partial charge in [0.05, 0.1) is 5.25 Å². The molecule has 2 heterocycles. The molecule has 10 heteroatoms. The highest BCUT2D eigenvalue weighted by Crippen LogP contribution is 2.28. The molecule has 0 aliphatic rings. The molecule has 3 aromatic rings. The zero-order valence-corrected chi connectivity index (χ0v) is 19.6. The summed E-state index contributed by atoms with van der Waals surface area (Å²) in [5.41, 5.74) is 2.02. The zero-order valence-electron chi connectivity index (χ0n) is 18.8. The third-order valence-electron chi connectivity index (χ3n) is 4.90. The number of hydrogen-bond acceptors (Lipinski definition) is 7. The summed E-state index contributed by atoms with van der Waals surface area (Å²) in [5.74, 6) is -0.986. The number of hydrogen-bond donors (Lipinski definition) is 0. The van der Waals surface area contributed by atoms with E-state index in [1.54, 1.807) is 53.8 Å². The second-order valence-electron chi connectivity index (χ2n) is 8.04. The molecule has 0 atom stereocenters. The Kier molecular flexibility index (Phi) is 6.45. The monoisotopic (exact) mass is 460 g/mol. The Morgan fingerprint density at radius 1 is 1.06 bits per heavy atom. The lowest BCUT2D eigenvalue weighted by atomic mass is 10.1. The van der Waals surface area contributed by atoms with Crippen LogP contribution in [0.3, 0.4) is 0 Å². The van der Waals surface area contributed by atoms with Gasteiger partial charge in [-0.1, -0.05) is 6.07 Å². The SMILES string of the molecule is Cc1cc(C)c(Oc2nc(CS(=O)(=O)C(C)C)nc(-c3cc(C)c(=O)n(C)c3)n2)c(F)c1. The number of sulfone groups is 1. The maximum Gasteiger partial charge on any atom is 0.325 e. The number of aromatic nitrogens is 4. The highest BCUT2D eigenvalue weighted by Gasteiger charge is 2.22. The van der Waals surface area contributed by atoms with Gasteiger partial charge in [-0.25, -0.2) is 17.8 Å². The van der Waals surface area contributed by atoms with Crippen LogP contribution in [0, 0.1) is 26.6 Å². The summed E-state index contributed by atoms with van der Waals surface area (Å²) in [6, 6.07) is 4.44. The van der Waals surface area contributed by atoms with Crippen molar-refractivity contribution in [2.75, 3.05) is 0 Å². The van der Waals surface area contributed by atoms with Crippen molar-refractivity contribution >= 4 is 9.84 Å². The van der Waals surface area contributed by atoms with Gasteiger partial charge in [-0.2, -0.15) is 9.97 Å². The molecule has 0 aliphatic heterocycles. The molecule has 0 unspecified atom stereocenters. The van der Waals surface area contributed by atoms with Crippen LogP contribution >= 0.6 is 0 Å². The van der Waals surface area contributed by atoms with E-state index in [4.69, 9.17) is 4.74 Å². The van der Waals surface area contributed by atoms with Crippen molar-refractivity contribution in [1.29, 1.82) is 0 Å². The van der Waals surface area contributed by atoms with Crippen LogP contribution in [-0.4, -0.2) is 33.2 Å². The Balaban J connectivity index is 2.16. The first-order valence-corrected chi connectivity index (χ1v) is 11.7. The fraction of sp³-hybridized carbons (Fsp3) is 0.364. The maximum absolute atomic E-state index is 14.5. The van der Waals surface area contributed by atoms with E-state index < -0.39 is 26.7 Å². The molecule has 0 radical (unpaired) electrons. The molecule has 0 bridgehead atoms. The number of rotatable bonds is 6. The van der Waals surface area contributed by atoms with Gasteiger partial charge in [0.2, 0.25) is 0 Å². The van der Waals surface area contributed by atoms with Crippen LogP contribution in [0.4, 0.5) is 4.39 Å². The topological polar surface area (TPSA) is 104 Å². The van der Waals surface area contributed by atoms with Gasteiger partial charge in [0.1, 0.15) is 5.75 Å². The van der Waals surface area contributed by atoms with Crippen LogP contribution in [0.2, 0.25) is 0 Å². The number of nitrogens with zero attached hydrogens (tertiary/aromatic N) is 4. The number of ether oxygens (including phenoxy) is 1. The highest BCUT2D eigenvalue weighted by atomic mass is 32.2. The molecule has 0 amide bonds. The molecule has 170 valence electrons. The zero-order chi connectivity index (χ0) is 23.8. The fourth-order valence-electron chi connectivity index (χ4n) is 3.11. The Bertz CT molecular complexity index is 1300. The summed E-state index contributed by atoms with van der Waals surface area (Å²) in [6.45, 7) is 8.23. The van der Waals surface area contributed by atoms with Crippen LogP contribution in [0.25, 0.3) is 11.4 Å². The van der Waals surface area contributed by atoms with Crippen molar-refractivity contribution in [2.45, 2.75) is 45.6 Å². The molecule has 0 fully saturated rings. The van der Waals surface area contributed by atoms with Crippen molar-refractivity contribution in [1.82, 2.24) is 19.5 Å². The van der Waals surface area contributed by atoms with Crippen molar-refractivity contribution in [2.24, 2.45) is 7.05 Å². The van der Waals surface area contributed by atoms with Crippen molar-refractivity contribution in [3.8, 4) is 23.1 Å². The summed E-state index contributed by atoms with van der Waals surface area (Å²) in [5, 5.41) is -0.635. The minimum absolute atomic E-state index is 0.0321. The Hall–Kier alpha value is -3.14. The lowest BCUT2D eigenvalue weighted by molar-refractivity contribution is 0.404. The molecular formula is C22H25FN4O4S. The van der Waals surface area contributed by atoms with E-state index >= 15 is 0 Å². The van der Waals surface area contributed by atoms with E-state index in [1.807, 2.05) is 0 Å². The lowest BCUT2D eigenvalue weighted by Gasteiger charge is -2.13. The molecule has 0 saturated heterocycles. The molecule has 0 N–H and O–H groups in total. The molecule has 1 aromatic carbocycles. The first kappa shape index (κ1) is 23.5. The standard InChI is InChI=1S/C22H25FN4O4S/c1-12(2)32(29,30)11-18-24-20(16-9-15(5)21(28)27(6)10-16)26-22(25-18)31-19-14(4)7-13(3)8-17(19)23/h7-10,12H,11H2,1-6H3. The molecule has 0 spiro atoms. The van der Waals surface area contributed by atoms with Crippen molar-refractivity contribution in [3.05, 3.63) is 63.1 Å². The van der Waals surface area contributed by atoms with Gasteiger partial charge in [0, 0.05) is 24.4 Å². The Morgan fingerprint density at radius 3 is 2.34 bits per heavy atom. The molecule has 32 heavy (non-hydrogen) atoms. The molecule has 2 aromatic heterocycles. The normalized spacial score (nSPS) is 11.8. The summed E-state index contributed by atoms with van der Waals surface area (Å²) in [7, 11) is -1.93. The van der Waals surface area contributed by atoms with Gasteiger partial charge in [0.15, 0.2) is 33.1 Å². The molecule has 0 saturated carbocycles. The van der Waals surface area contributed by atoms with Crippen LogP contribution in [0.1, 0.15) is 36.4 Å². The van der Waals surface area contributed by atoms with Gasteiger partial charge in [-0.15, -0.1) is 0 Å². The van der Waals surface area contributed by atoms with E-state index in [0.29, 0.717) is 16.7 Å². The van der Waals surface area contributed by atoms with E-state index in [2.05, 4.69) is 15.0 Å². The van der Waals surface area contributed by atoms with Crippen LogP contribution in [0.5, 0.6) is 11.8 Å². The summed E-state index contributed by atoms with van der Waals surface area (Å²) < 4.78 is 46.5. The molecular weight excluding hydrogens is 435 g/mol. The predicted octanol–water partition coefficient (Wildman–Crippen LogP) is 3.42. The minimum atomic E-state index is -3.52.